The first-order valence-electron chi connectivity index (χ1n) is 1.75. The van der Waals surface area contributed by atoms with Gasteiger partial charge in [0.1, 0.15) is 0 Å². The van der Waals surface area contributed by atoms with Gasteiger partial charge in [-0.1, -0.05) is 20.8 Å². The molecule has 0 aliphatic carbocycles. The molecular formula is C4H12Cl2HfN-. The molecule has 1 nitrogen and oxygen atoms in total. The summed E-state index contributed by atoms with van der Waals surface area (Å²) < 4.78 is 0. The zero-order chi connectivity index (χ0) is 4.50. The predicted octanol–water partition coefficient (Wildman–Crippen LogP) is 2.68. The molecule has 0 aliphatic rings. The van der Waals surface area contributed by atoms with Crippen molar-refractivity contribution in [1.82, 2.24) is 0 Å². The topological polar surface area (TPSA) is 23.8 Å². The molecule has 0 rings (SSSR count). The van der Waals surface area contributed by atoms with E-state index in [0.29, 0.717) is 0 Å². The summed E-state index contributed by atoms with van der Waals surface area (Å²) in [5, 5.41) is 0. The first-order valence-corrected chi connectivity index (χ1v) is 1.75. The fourth-order valence-electron chi connectivity index (χ4n) is 0. The molecule has 0 aromatic carbocycles. The Labute approximate surface area is 82.4 Å². The molecule has 52 valence electrons. The summed E-state index contributed by atoms with van der Waals surface area (Å²) in [4.78, 5) is 0. The van der Waals surface area contributed by atoms with E-state index in [1.165, 1.54) is 0 Å². The van der Waals surface area contributed by atoms with Gasteiger partial charge in [-0.2, -0.15) is 0 Å². The van der Waals surface area contributed by atoms with Crippen LogP contribution in [-0.2, 0) is 25.8 Å². The van der Waals surface area contributed by atoms with Gasteiger partial charge in [0.25, 0.3) is 0 Å². The maximum atomic E-state index is 6.94. The van der Waals surface area contributed by atoms with Crippen LogP contribution >= 0.6 is 24.8 Å². The third-order valence-corrected chi connectivity index (χ3v) is 0. The molecule has 0 saturated heterocycles. The fourth-order valence-corrected chi connectivity index (χ4v) is 0. The molecule has 0 heterocycles. The van der Waals surface area contributed by atoms with Crippen molar-refractivity contribution in [2.75, 3.05) is 0 Å². The van der Waals surface area contributed by atoms with E-state index in [-0.39, 0.29) is 56.2 Å². The van der Waals surface area contributed by atoms with Crippen molar-refractivity contribution in [2.45, 2.75) is 26.3 Å². The largest absolute Gasteiger partial charge is 0.673 e. The van der Waals surface area contributed by atoms with Crippen molar-refractivity contribution in [2.24, 2.45) is 0 Å². The first-order chi connectivity index (χ1) is 2.00. The van der Waals surface area contributed by atoms with E-state index < -0.39 is 0 Å². The fraction of sp³-hybridized carbons (Fsp3) is 1.00. The van der Waals surface area contributed by atoms with E-state index in [9.17, 15) is 0 Å². The van der Waals surface area contributed by atoms with Gasteiger partial charge in [0.2, 0.25) is 0 Å². The van der Waals surface area contributed by atoms with Crippen LogP contribution in [0.2, 0.25) is 0 Å². The van der Waals surface area contributed by atoms with Gasteiger partial charge < -0.3 is 5.73 Å². The number of halogens is 2. The Bertz CT molecular complexity index is 29.5. The van der Waals surface area contributed by atoms with Crippen LogP contribution in [0.25, 0.3) is 5.73 Å². The Morgan fingerprint density at radius 3 is 1.00 bits per heavy atom. The summed E-state index contributed by atoms with van der Waals surface area (Å²) in [6, 6.07) is 0. The molecule has 0 amide bonds. The van der Waals surface area contributed by atoms with E-state index in [0.717, 1.165) is 0 Å². The van der Waals surface area contributed by atoms with Crippen LogP contribution in [0.15, 0.2) is 0 Å². The van der Waals surface area contributed by atoms with Gasteiger partial charge in [-0.05, 0) is 0 Å². The average molecular weight is 324 g/mol. The van der Waals surface area contributed by atoms with Gasteiger partial charge in [-0.15, -0.1) is 30.4 Å². The number of rotatable bonds is 0. The quantitative estimate of drug-likeness (QED) is 0.612. The minimum absolute atomic E-state index is 0. The molecule has 0 fully saturated rings. The van der Waals surface area contributed by atoms with Crippen molar-refractivity contribution in [3.8, 4) is 0 Å². The van der Waals surface area contributed by atoms with Crippen LogP contribution in [0.3, 0.4) is 0 Å². The smallest absolute Gasteiger partial charge is 0 e. The van der Waals surface area contributed by atoms with E-state index in [1.807, 2.05) is 20.8 Å². The Morgan fingerprint density at radius 1 is 1.00 bits per heavy atom. The van der Waals surface area contributed by atoms with Crippen LogP contribution in [0, 0.1) is 0 Å². The van der Waals surface area contributed by atoms with Crippen LogP contribution in [0.4, 0.5) is 0 Å². The number of nitrogens with one attached hydrogen (secondary N) is 1. The average Bonchev–Trinajstić information content (AvgIpc) is 0.722. The summed E-state index contributed by atoms with van der Waals surface area (Å²) in [5.41, 5.74) is 6.69. The monoisotopic (exact) mass is 324 g/mol. The summed E-state index contributed by atoms with van der Waals surface area (Å²) in [7, 11) is 0. The van der Waals surface area contributed by atoms with Crippen molar-refractivity contribution in [3.05, 3.63) is 5.73 Å². The number of hydrogen-bond acceptors (Lipinski definition) is 0. The maximum Gasteiger partial charge on any atom is 0 e. The van der Waals surface area contributed by atoms with E-state index in [1.54, 1.807) is 0 Å². The van der Waals surface area contributed by atoms with Crippen LogP contribution in [0.1, 0.15) is 20.8 Å². The van der Waals surface area contributed by atoms with Crippen molar-refractivity contribution in [3.63, 3.8) is 0 Å². The summed E-state index contributed by atoms with van der Waals surface area (Å²) >= 11 is 0. The Kier molecular flexibility index (Phi) is 23.9. The van der Waals surface area contributed by atoms with Crippen LogP contribution in [0.5, 0.6) is 0 Å². The summed E-state index contributed by atoms with van der Waals surface area (Å²) in [6.45, 7) is 5.56. The summed E-state index contributed by atoms with van der Waals surface area (Å²) in [6.07, 6.45) is 0. The van der Waals surface area contributed by atoms with Crippen molar-refractivity contribution >= 4 is 24.8 Å². The van der Waals surface area contributed by atoms with E-state index >= 15 is 0 Å². The molecule has 8 heavy (non-hydrogen) atoms. The maximum absolute atomic E-state index is 6.94. The van der Waals surface area contributed by atoms with Crippen LogP contribution < -0.4 is 0 Å². The second-order valence-electron chi connectivity index (χ2n) is 2.25. The van der Waals surface area contributed by atoms with Gasteiger partial charge in [-0.3, -0.25) is 0 Å². The second kappa shape index (κ2) is 8.41. The summed E-state index contributed by atoms with van der Waals surface area (Å²) in [5.74, 6) is 0. The third kappa shape index (κ3) is 153. The normalized spacial score (nSPS) is 7.50. The SMILES string of the molecule is CC(C)(C)[NH-].Cl.Cl.[Hf]. The molecular weight excluding hydrogens is 311 g/mol. The Balaban J connectivity index is -0.0000000267. The molecule has 1 N–H and O–H groups in total. The van der Waals surface area contributed by atoms with E-state index in [2.05, 4.69) is 0 Å². The Morgan fingerprint density at radius 2 is 1.00 bits per heavy atom. The van der Waals surface area contributed by atoms with Gasteiger partial charge in [0.05, 0.1) is 0 Å². The molecule has 0 aromatic heterocycles. The van der Waals surface area contributed by atoms with Crippen molar-refractivity contribution < 1.29 is 25.8 Å². The molecule has 0 saturated carbocycles. The molecule has 0 spiro atoms. The molecule has 4 heteroatoms. The van der Waals surface area contributed by atoms with Gasteiger partial charge >= 0.3 is 0 Å². The molecule has 0 unspecified atom stereocenters. The van der Waals surface area contributed by atoms with Crippen LogP contribution in [-0.4, -0.2) is 5.54 Å². The standard InChI is InChI=1S/C4H10N.2ClH.Hf/c1-4(2,3)5;;;/h5H,1-3H3;2*1H;/q-1;;;. The van der Waals surface area contributed by atoms with Crippen molar-refractivity contribution in [1.29, 1.82) is 0 Å². The molecule has 0 atom stereocenters. The van der Waals surface area contributed by atoms with E-state index in [4.69, 9.17) is 5.73 Å². The zero-order valence-corrected chi connectivity index (χ0v) is 10.5. The first kappa shape index (κ1) is 22.7. The molecule has 0 bridgehead atoms. The number of hydrogen-bond donors (Lipinski definition) is 0. The molecule has 0 radical (unpaired) electrons. The minimum Gasteiger partial charge on any atom is -0.673 e. The van der Waals surface area contributed by atoms with Gasteiger partial charge in [0.15, 0.2) is 0 Å². The zero-order valence-electron chi connectivity index (χ0n) is 5.32. The van der Waals surface area contributed by atoms with Gasteiger partial charge in [-0.25, -0.2) is 0 Å². The molecule has 0 aromatic rings. The minimum atomic E-state index is -0.250. The predicted molar refractivity (Wildman–Crippen MR) is 38.6 cm³/mol. The third-order valence-electron chi connectivity index (χ3n) is 0. The Hall–Kier alpha value is 1.41. The second-order valence-corrected chi connectivity index (χ2v) is 2.25. The van der Waals surface area contributed by atoms with Gasteiger partial charge in [0, 0.05) is 25.8 Å². The molecule has 0 aliphatic heterocycles.